The third-order valence-corrected chi connectivity index (χ3v) is 2.60. The molecule has 12 heavy (non-hydrogen) atoms. The van der Waals surface area contributed by atoms with Crippen molar-refractivity contribution in [3.8, 4) is 0 Å². The second kappa shape index (κ2) is 3.41. The number of amides is 1. The molecule has 1 atom stereocenters. The van der Waals surface area contributed by atoms with Crippen LogP contribution < -0.4 is 10.6 Å². The van der Waals surface area contributed by atoms with Crippen LogP contribution in [-0.4, -0.2) is 50.6 Å². The molecule has 1 saturated heterocycles. The van der Waals surface area contributed by atoms with E-state index in [9.17, 15) is 4.79 Å². The molecule has 4 heteroatoms. The number of hydrogen-bond donors (Lipinski definition) is 2. The van der Waals surface area contributed by atoms with E-state index >= 15 is 0 Å². The fraction of sp³-hybridized carbons (Fsp3) is 0.875. The summed E-state index contributed by atoms with van der Waals surface area (Å²) < 4.78 is 0. The molecule has 0 aromatic heterocycles. The van der Waals surface area contributed by atoms with Crippen LogP contribution in [0.3, 0.4) is 0 Å². The molecule has 0 bridgehead atoms. The minimum absolute atomic E-state index is 0.0920. The van der Waals surface area contributed by atoms with Crippen molar-refractivity contribution in [2.24, 2.45) is 0 Å². The lowest BCUT2D eigenvalue weighted by Gasteiger charge is -2.26. The second-order valence-electron chi connectivity index (χ2n) is 3.40. The molecule has 0 spiro atoms. The highest BCUT2D eigenvalue weighted by Gasteiger charge is 2.41. The van der Waals surface area contributed by atoms with Gasteiger partial charge in [-0.2, -0.15) is 0 Å². The third kappa shape index (κ3) is 1.44. The molecule has 1 rings (SSSR count). The van der Waals surface area contributed by atoms with Crippen LogP contribution in [0.2, 0.25) is 0 Å². The maximum Gasteiger partial charge on any atom is 0.241 e. The van der Waals surface area contributed by atoms with Gasteiger partial charge in [0, 0.05) is 20.1 Å². The zero-order valence-electron chi connectivity index (χ0n) is 7.98. The monoisotopic (exact) mass is 171 g/mol. The number of nitrogens with one attached hydrogen (secondary N) is 2. The molecule has 1 fully saturated rings. The van der Waals surface area contributed by atoms with Crippen molar-refractivity contribution < 1.29 is 4.79 Å². The lowest BCUT2D eigenvalue weighted by molar-refractivity contribution is -0.126. The van der Waals surface area contributed by atoms with Crippen molar-refractivity contribution in [3.05, 3.63) is 0 Å². The Morgan fingerprint density at radius 3 is 2.50 bits per heavy atom. The number of likely N-dealkylation sites (tertiary alicyclic amines) is 1. The van der Waals surface area contributed by atoms with Crippen LogP contribution in [-0.2, 0) is 4.79 Å². The number of likely N-dealkylation sites (N-methyl/N-ethyl adjacent to an activating group) is 3. The summed E-state index contributed by atoms with van der Waals surface area (Å²) in [6.07, 6.45) is 0.889. The first-order valence-electron chi connectivity index (χ1n) is 4.24. The van der Waals surface area contributed by atoms with Gasteiger partial charge in [0.2, 0.25) is 5.91 Å². The maximum absolute atomic E-state index is 11.5. The Labute approximate surface area is 73.3 Å². The highest BCUT2D eigenvalue weighted by molar-refractivity contribution is 5.86. The van der Waals surface area contributed by atoms with Crippen molar-refractivity contribution in [2.75, 3.05) is 34.2 Å². The van der Waals surface area contributed by atoms with Gasteiger partial charge in [0.1, 0.15) is 5.54 Å². The van der Waals surface area contributed by atoms with E-state index in [1.54, 1.807) is 7.05 Å². The van der Waals surface area contributed by atoms with Crippen LogP contribution in [0, 0.1) is 0 Å². The SMILES string of the molecule is CNC(=O)C1(NC)CCN(C)C1. The molecule has 0 aromatic rings. The molecule has 1 aliphatic rings. The van der Waals surface area contributed by atoms with Crippen LogP contribution in [0.5, 0.6) is 0 Å². The zero-order chi connectivity index (χ0) is 9.19. The van der Waals surface area contributed by atoms with Crippen molar-refractivity contribution in [1.82, 2.24) is 15.5 Å². The van der Waals surface area contributed by atoms with Crippen molar-refractivity contribution in [3.63, 3.8) is 0 Å². The second-order valence-corrected chi connectivity index (χ2v) is 3.40. The Bertz CT molecular complexity index is 183. The highest BCUT2D eigenvalue weighted by Crippen LogP contribution is 2.19. The summed E-state index contributed by atoms with van der Waals surface area (Å²) in [6.45, 7) is 1.78. The van der Waals surface area contributed by atoms with Crippen LogP contribution >= 0.6 is 0 Å². The molecule has 1 heterocycles. The van der Waals surface area contributed by atoms with Gasteiger partial charge in [0.05, 0.1) is 0 Å². The number of hydrogen-bond acceptors (Lipinski definition) is 3. The summed E-state index contributed by atoms with van der Waals surface area (Å²) in [6, 6.07) is 0. The largest absolute Gasteiger partial charge is 0.358 e. The van der Waals surface area contributed by atoms with Crippen LogP contribution in [0.1, 0.15) is 6.42 Å². The van der Waals surface area contributed by atoms with E-state index < -0.39 is 0 Å². The van der Waals surface area contributed by atoms with E-state index in [2.05, 4.69) is 15.5 Å². The first-order chi connectivity index (χ1) is 5.64. The summed E-state index contributed by atoms with van der Waals surface area (Å²) >= 11 is 0. The lowest BCUT2D eigenvalue weighted by atomic mass is 9.98. The van der Waals surface area contributed by atoms with Crippen molar-refractivity contribution in [1.29, 1.82) is 0 Å². The molecule has 70 valence electrons. The minimum Gasteiger partial charge on any atom is -0.358 e. The Hall–Kier alpha value is -0.610. The Morgan fingerprint density at radius 1 is 1.50 bits per heavy atom. The Kier molecular flexibility index (Phi) is 2.69. The Balaban J connectivity index is 2.70. The summed E-state index contributed by atoms with van der Waals surface area (Å²) in [4.78, 5) is 13.7. The molecule has 4 nitrogen and oxygen atoms in total. The zero-order valence-corrected chi connectivity index (χ0v) is 7.98. The molecule has 0 aromatic carbocycles. The third-order valence-electron chi connectivity index (χ3n) is 2.60. The number of carbonyl (C=O) groups is 1. The molecule has 2 N–H and O–H groups in total. The molecule has 1 amide bonds. The van der Waals surface area contributed by atoms with Crippen LogP contribution in [0.15, 0.2) is 0 Å². The highest BCUT2D eigenvalue weighted by atomic mass is 16.2. The van der Waals surface area contributed by atoms with Gasteiger partial charge in [0.25, 0.3) is 0 Å². The topological polar surface area (TPSA) is 44.4 Å². The molecule has 1 aliphatic heterocycles. The first-order valence-corrected chi connectivity index (χ1v) is 4.24. The predicted octanol–water partition coefficient (Wildman–Crippen LogP) is -0.974. The first kappa shape index (κ1) is 9.48. The van der Waals surface area contributed by atoms with E-state index in [0.717, 1.165) is 19.5 Å². The molecule has 0 aliphatic carbocycles. The number of carbonyl (C=O) groups excluding carboxylic acids is 1. The minimum atomic E-state index is -0.358. The predicted molar refractivity (Wildman–Crippen MR) is 48.0 cm³/mol. The van der Waals surface area contributed by atoms with Crippen molar-refractivity contribution in [2.45, 2.75) is 12.0 Å². The average molecular weight is 171 g/mol. The van der Waals surface area contributed by atoms with E-state index in [-0.39, 0.29) is 11.4 Å². The van der Waals surface area contributed by atoms with Gasteiger partial charge in [-0.3, -0.25) is 4.79 Å². The fourth-order valence-corrected chi connectivity index (χ4v) is 1.74. The number of nitrogens with zero attached hydrogens (tertiary/aromatic N) is 1. The normalized spacial score (nSPS) is 30.6. The summed E-state index contributed by atoms with van der Waals surface area (Å²) in [5, 5.41) is 5.80. The fourth-order valence-electron chi connectivity index (χ4n) is 1.74. The van der Waals surface area contributed by atoms with Gasteiger partial charge in [-0.25, -0.2) is 0 Å². The van der Waals surface area contributed by atoms with Gasteiger partial charge in [0.15, 0.2) is 0 Å². The average Bonchev–Trinajstić information content (AvgIpc) is 2.47. The molecular formula is C8H17N3O. The lowest BCUT2D eigenvalue weighted by Crippen LogP contribution is -2.56. The van der Waals surface area contributed by atoms with Gasteiger partial charge < -0.3 is 15.5 Å². The molecule has 0 saturated carbocycles. The van der Waals surface area contributed by atoms with E-state index in [4.69, 9.17) is 0 Å². The Morgan fingerprint density at radius 2 is 2.17 bits per heavy atom. The summed E-state index contributed by atoms with van der Waals surface area (Å²) in [5.74, 6) is 0.0920. The van der Waals surface area contributed by atoms with Gasteiger partial charge in [-0.05, 0) is 20.5 Å². The summed E-state index contributed by atoms with van der Waals surface area (Å²) in [7, 11) is 5.55. The smallest absolute Gasteiger partial charge is 0.241 e. The molecule has 0 radical (unpaired) electrons. The quantitative estimate of drug-likeness (QED) is 0.561. The number of rotatable bonds is 2. The van der Waals surface area contributed by atoms with Gasteiger partial charge >= 0.3 is 0 Å². The van der Waals surface area contributed by atoms with Crippen LogP contribution in [0.4, 0.5) is 0 Å². The van der Waals surface area contributed by atoms with Gasteiger partial charge in [-0.1, -0.05) is 0 Å². The molecular weight excluding hydrogens is 154 g/mol. The van der Waals surface area contributed by atoms with E-state index in [1.807, 2.05) is 14.1 Å². The van der Waals surface area contributed by atoms with Crippen molar-refractivity contribution >= 4 is 5.91 Å². The maximum atomic E-state index is 11.5. The van der Waals surface area contributed by atoms with Gasteiger partial charge in [-0.15, -0.1) is 0 Å². The molecule has 1 unspecified atom stereocenters. The van der Waals surface area contributed by atoms with E-state index in [1.165, 1.54) is 0 Å². The standard InChI is InChI=1S/C8H17N3O/c1-9-7(12)8(10-2)4-5-11(3)6-8/h10H,4-6H2,1-3H3,(H,9,12). The van der Waals surface area contributed by atoms with Crippen LogP contribution in [0.25, 0.3) is 0 Å². The van der Waals surface area contributed by atoms with E-state index in [0.29, 0.717) is 0 Å². The summed E-state index contributed by atoms with van der Waals surface area (Å²) in [5.41, 5.74) is -0.358.